The summed E-state index contributed by atoms with van der Waals surface area (Å²) in [6.45, 7) is 2.55. The third kappa shape index (κ3) is 3.80. The van der Waals surface area contributed by atoms with Crippen molar-refractivity contribution in [1.82, 2.24) is 5.32 Å². The molecule has 4 heteroatoms. The summed E-state index contributed by atoms with van der Waals surface area (Å²) in [4.78, 5) is 11.6. The lowest BCUT2D eigenvalue weighted by molar-refractivity contribution is -0.123. The second-order valence-corrected chi connectivity index (χ2v) is 4.42. The van der Waals surface area contributed by atoms with E-state index in [1.54, 1.807) is 7.11 Å². The lowest BCUT2D eigenvalue weighted by atomic mass is 10.1. The number of nitrogens with one attached hydrogen (secondary N) is 1. The summed E-state index contributed by atoms with van der Waals surface area (Å²) >= 11 is 0. The molecule has 1 amide bonds. The molecule has 1 rings (SSSR count). The number of hydrogen-bond acceptors (Lipinski definition) is 3. The van der Waals surface area contributed by atoms with E-state index in [0.717, 1.165) is 19.3 Å². The number of carbonyl (C=O) groups excluding carboxylic acids is 1. The molecule has 3 N–H and O–H groups in total. The van der Waals surface area contributed by atoms with Crippen LogP contribution in [0.25, 0.3) is 0 Å². The third-order valence-electron chi connectivity index (χ3n) is 3.04. The highest BCUT2D eigenvalue weighted by atomic mass is 16.5. The summed E-state index contributed by atoms with van der Waals surface area (Å²) in [6, 6.07) is 0.201. The lowest BCUT2D eigenvalue weighted by Crippen LogP contribution is -2.41. The summed E-state index contributed by atoms with van der Waals surface area (Å²) in [5, 5.41) is 3.03. The number of rotatable bonds is 5. The second kappa shape index (κ2) is 6.08. The molecule has 0 radical (unpaired) electrons. The van der Waals surface area contributed by atoms with Gasteiger partial charge in [0.25, 0.3) is 0 Å². The van der Waals surface area contributed by atoms with Crippen LogP contribution in [0.3, 0.4) is 0 Å². The number of methoxy groups -OCH3 is 1. The van der Waals surface area contributed by atoms with Crippen LogP contribution in [-0.4, -0.2) is 31.7 Å². The van der Waals surface area contributed by atoms with Crippen LogP contribution in [0.1, 0.15) is 32.6 Å². The first-order valence-corrected chi connectivity index (χ1v) is 5.69. The smallest absolute Gasteiger partial charge is 0.220 e. The first kappa shape index (κ1) is 12.5. The molecule has 0 aromatic heterocycles. The predicted molar refractivity (Wildman–Crippen MR) is 59.4 cm³/mol. The molecule has 0 heterocycles. The molecule has 15 heavy (non-hydrogen) atoms. The first-order valence-electron chi connectivity index (χ1n) is 5.69. The summed E-state index contributed by atoms with van der Waals surface area (Å²) in [5.74, 6) is 0.356. The van der Waals surface area contributed by atoms with E-state index in [1.807, 2.05) is 6.92 Å². The number of nitrogens with two attached hydrogens (primary N) is 1. The zero-order chi connectivity index (χ0) is 11.3. The monoisotopic (exact) mass is 214 g/mol. The minimum atomic E-state index is 0.0990. The van der Waals surface area contributed by atoms with Crippen molar-refractivity contribution in [3.8, 4) is 0 Å². The zero-order valence-corrected chi connectivity index (χ0v) is 9.66. The molecule has 1 aliphatic carbocycles. The molecule has 1 fully saturated rings. The van der Waals surface area contributed by atoms with Gasteiger partial charge in [-0.3, -0.25) is 4.79 Å². The Bertz CT molecular complexity index is 209. The zero-order valence-electron chi connectivity index (χ0n) is 9.66. The molecule has 0 aromatic carbocycles. The van der Waals surface area contributed by atoms with Gasteiger partial charge in [-0.2, -0.15) is 0 Å². The summed E-state index contributed by atoms with van der Waals surface area (Å²) in [7, 11) is 1.71. The number of hydrogen-bond donors (Lipinski definition) is 2. The van der Waals surface area contributed by atoms with Gasteiger partial charge in [0.05, 0.1) is 12.1 Å². The van der Waals surface area contributed by atoms with Crippen LogP contribution >= 0.6 is 0 Å². The van der Waals surface area contributed by atoms with Crippen molar-refractivity contribution in [2.75, 3.05) is 13.7 Å². The van der Waals surface area contributed by atoms with Crippen molar-refractivity contribution in [2.24, 2.45) is 11.7 Å². The van der Waals surface area contributed by atoms with Crippen molar-refractivity contribution in [3.63, 3.8) is 0 Å². The van der Waals surface area contributed by atoms with Crippen LogP contribution in [0, 0.1) is 5.92 Å². The van der Waals surface area contributed by atoms with Crippen LogP contribution in [0.4, 0.5) is 0 Å². The molecule has 3 atom stereocenters. The average Bonchev–Trinajstić information content (AvgIpc) is 2.64. The van der Waals surface area contributed by atoms with Crippen molar-refractivity contribution >= 4 is 5.91 Å². The maximum absolute atomic E-state index is 11.6. The van der Waals surface area contributed by atoms with Gasteiger partial charge in [0.15, 0.2) is 0 Å². The molecule has 1 saturated carbocycles. The fourth-order valence-electron chi connectivity index (χ4n) is 2.04. The highest BCUT2D eigenvalue weighted by molar-refractivity contribution is 5.76. The van der Waals surface area contributed by atoms with Gasteiger partial charge in [-0.25, -0.2) is 0 Å². The number of ether oxygens (including phenoxy) is 1. The van der Waals surface area contributed by atoms with Crippen molar-refractivity contribution in [1.29, 1.82) is 0 Å². The van der Waals surface area contributed by atoms with E-state index in [-0.39, 0.29) is 24.0 Å². The topological polar surface area (TPSA) is 64.3 Å². The average molecular weight is 214 g/mol. The van der Waals surface area contributed by atoms with Gasteiger partial charge >= 0.3 is 0 Å². The molecule has 0 aromatic rings. The minimum Gasteiger partial charge on any atom is -0.379 e. The van der Waals surface area contributed by atoms with Crippen LogP contribution in [0.5, 0.6) is 0 Å². The minimum absolute atomic E-state index is 0.0990. The van der Waals surface area contributed by atoms with Gasteiger partial charge in [0, 0.05) is 13.5 Å². The van der Waals surface area contributed by atoms with Crippen LogP contribution in [0.2, 0.25) is 0 Å². The Morgan fingerprint density at radius 3 is 2.93 bits per heavy atom. The molecule has 0 bridgehead atoms. The predicted octanol–water partition coefficient (Wildman–Crippen LogP) is 0.655. The Balaban J connectivity index is 2.30. The van der Waals surface area contributed by atoms with E-state index in [9.17, 15) is 4.79 Å². The van der Waals surface area contributed by atoms with E-state index in [0.29, 0.717) is 13.0 Å². The highest BCUT2D eigenvalue weighted by Crippen LogP contribution is 2.21. The molecule has 3 unspecified atom stereocenters. The molecule has 0 spiro atoms. The SMILES string of the molecule is COC1CCCC1NC(=O)CC(C)CN. The molecule has 1 aliphatic rings. The standard InChI is InChI=1S/C11H22N2O2/c1-8(7-12)6-11(14)13-9-4-3-5-10(9)15-2/h8-10H,3-7,12H2,1-2H3,(H,13,14). The van der Waals surface area contributed by atoms with E-state index in [1.165, 1.54) is 0 Å². The van der Waals surface area contributed by atoms with Crippen LogP contribution in [-0.2, 0) is 9.53 Å². The van der Waals surface area contributed by atoms with Crippen LogP contribution < -0.4 is 11.1 Å². The van der Waals surface area contributed by atoms with E-state index in [4.69, 9.17) is 10.5 Å². The lowest BCUT2D eigenvalue weighted by Gasteiger charge is -2.20. The summed E-state index contributed by atoms with van der Waals surface area (Å²) in [5.41, 5.74) is 5.48. The molecular formula is C11H22N2O2. The van der Waals surface area contributed by atoms with E-state index < -0.39 is 0 Å². The molecule has 4 nitrogen and oxygen atoms in total. The van der Waals surface area contributed by atoms with Crippen molar-refractivity contribution < 1.29 is 9.53 Å². The second-order valence-electron chi connectivity index (χ2n) is 4.42. The Morgan fingerprint density at radius 1 is 1.60 bits per heavy atom. The fourth-order valence-corrected chi connectivity index (χ4v) is 2.04. The van der Waals surface area contributed by atoms with Gasteiger partial charge < -0.3 is 15.8 Å². The number of carbonyl (C=O) groups is 1. The Kier molecular flexibility index (Phi) is 5.05. The summed E-state index contributed by atoms with van der Waals surface area (Å²) in [6.07, 6.45) is 3.93. The molecule has 0 saturated heterocycles. The van der Waals surface area contributed by atoms with Gasteiger partial charge in [-0.15, -0.1) is 0 Å². The molecule has 88 valence electrons. The fraction of sp³-hybridized carbons (Fsp3) is 0.909. The Morgan fingerprint density at radius 2 is 2.33 bits per heavy atom. The maximum Gasteiger partial charge on any atom is 0.220 e. The van der Waals surface area contributed by atoms with E-state index >= 15 is 0 Å². The first-order chi connectivity index (χ1) is 7.17. The van der Waals surface area contributed by atoms with Gasteiger partial charge in [0.2, 0.25) is 5.91 Å². The van der Waals surface area contributed by atoms with Crippen molar-refractivity contribution in [3.05, 3.63) is 0 Å². The molecule has 0 aliphatic heterocycles. The van der Waals surface area contributed by atoms with Gasteiger partial charge in [0.1, 0.15) is 0 Å². The molecular weight excluding hydrogens is 192 g/mol. The number of amides is 1. The highest BCUT2D eigenvalue weighted by Gasteiger charge is 2.28. The quantitative estimate of drug-likeness (QED) is 0.706. The van der Waals surface area contributed by atoms with Gasteiger partial charge in [-0.1, -0.05) is 6.92 Å². The van der Waals surface area contributed by atoms with Gasteiger partial charge in [-0.05, 0) is 31.7 Å². The van der Waals surface area contributed by atoms with Crippen LogP contribution in [0.15, 0.2) is 0 Å². The summed E-state index contributed by atoms with van der Waals surface area (Å²) < 4.78 is 5.32. The Hall–Kier alpha value is -0.610. The van der Waals surface area contributed by atoms with E-state index in [2.05, 4.69) is 5.32 Å². The maximum atomic E-state index is 11.6. The Labute approximate surface area is 91.5 Å². The van der Waals surface area contributed by atoms with Crippen molar-refractivity contribution in [2.45, 2.75) is 44.8 Å². The normalized spacial score (nSPS) is 27.7. The third-order valence-corrected chi connectivity index (χ3v) is 3.04. The largest absolute Gasteiger partial charge is 0.379 e.